The van der Waals surface area contributed by atoms with Gasteiger partial charge in [-0.15, -0.1) is 0 Å². The Hall–Kier alpha value is -3.12. The lowest BCUT2D eigenvalue weighted by atomic mass is 10.1. The van der Waals surface area contributed by atoms with Crippen molar-refractivity contribution < 1.29 is 13.2 Å². The van der Waals surface area contributed by atoms with Gasteiger partial charge in [-0.2, -0.15) is 0 Å². The van der Waals surface area contributed by atoms with E-state index >= 15 is 0 Å². The molecule has 138 valence electrons. The first-order chi connectivity index (χ1) is 12.8. The summed E-state index contributed by atoms with van der Waals surface area (Å²) in [6.45, 7) is 3.75. The summed E-state index contributed by atoms with van der Waals surface area (Å²) in [7, 11) is -3.71. The van der Waals surface area contributed by atoms with Crippen molar-refractivity contribution in [2.45, 2.75) is 18.7 Å². The van der Waals surface area contributed by atoms with Crippen LogP contribution in [-0.4, -0.2) is 14.3 Å². The first-order valence-corrected chi connectivity index (χ1v) is 9.90. The van der Waals surface area contributed by atoms with Gasteiger partial charge in [0.2, 0.25) is 0 Å². The second kappa shape index (κ2) is 7.63. The number of rotatable bonds is 5. The largest absolute Gasteiger partial charge is 0.322 e. The molecule has 3 aromatic rings. The van der Waals surface area contributed by atoms with Crippen LogP contribution in [0, 0.1) is 13.8 Å². The Morgan fingerprint density at radius 3 is 2.19 bits per heavy atom. The van der Waals surface area contributed by atoms with Gasteiger partial charge in [0.05, 0.1) is 10.6 Å². The molecule has 2 N–H and O–H groups in total. The van der Waals surface area contributed by atoms with Crippen molar-refractivity contribution in [2.24, 2.45) is 0 Å². The van der Waals surface area contributed by atoms with Crippen LogP contribution in [-0.2, 0) is 10.0 Å². The van der Waals surface area contributed by atoms with E-state index in [1.54, 1.807) is 42.5 Å². The molecular formula is C21H20N2O3S. The number of benzene rings is 3. The molecule has 0 aliphatic heterocycles. The molecule has 0 heterocycles. The molecule has 0 saturated carbocycles. The molecule has 0 aliphatic rings. The molecule has 1 amide bonds. The molecule has 0 fully saturated rings. The third-order valence-electron chi connectivity index (χ3n) is 4.10. The van der Waals surface area contributed by atoms with Gasteiger partial charge in [0.1, 0.15) is 0 Å². The van der Waals surface area contributed by atoms with Gasteiger partial charge in [-0.05, 0) is 67.4 Å². The number of amides is 1. The lowest BCUT2D eigenvalue weighted by molar-refractivity contribution is 0.102. The first kappa shape index (κ1) is 18.7. The van der Waals surface area contributed by atoms with Gasteiger partial charge in [-0.25, -0.2) is 8.42 Å². The topological polar surface area (TPSA) is 75.3 Å². The van der Waals surface area contributed by atoms with Gasteiger partial charge in [0.15, 0.2) is 0 Å². The van der Waals surface area contributed by atoms with E-state index in [2.05, 4.69) is 10.0 Å². The zero-order chi connectivity index (χ0) is 19.4. The number of aryl methyl sites for hydroxylation is 2. The Morgan fingerprint density at radius 1 is 0.852 bits per heavy atom. The predicted molar refractivity (Wildman–Crippen MR) is 108 cm³/mol. The molecule has 0 unspecified atom stereocenters. The monoisotopic (exact) mass is 380 g/mol. The van der Waals surface area contributed by atoms with Crippen molar-refractivity contribution in [2.75, 3.05) is 10.0 Å². The summed E-state index contributed by atoms with van der Waals surface area (Å²) in [6.07, 6.45) is 0. The molecular weight excluding hydrogens is 360 g/mol. The number of anilines is 2. The number of hydrogen-bond donors (Lipinski definition) is 2. The SMILES string of the molecule is Cc1ccc(C)c(NS(=O)(=O)c2ccc(NC(=O)c3ccccc3)cc2)c1. The standard InChI is InChI=1S/C21H20N2O3S/c1-15-8-9-16(2)20(14-15)23-27(25,26)19-12-10-18(11-13-19)22-21(24)17-6-4-3-5-7-17/h3-14,23H,1-2H3,(H,22,24). The fourth-order valence-corrected chi connectivity index (χ4v) is 3.68. The average Bonchev–Trinajstić information content (AvgIpc) is 2.65. The highest BCUT2D eigenvalue weighted by molar-refractivity contribution is 7.92. The molecule has 6 heteroatoms. The minimum Gasteiger partial charge on any atom is -0.322 e. The van der Waals surface area contributed by atoms with Crippen molar-refractivity contribution in [3.05, 3.63) is 89.5 Å². The molecule has 3 aromatic carbocycles. The van der Waals surface area contributed by atoms with Crippen LogP contribution >= 0.6 is 0 Å². The van der Waals surface area contributed by atoms with Crippen LogP contribution in [0.1, 0.15) is 21.5 Å². The van der Waals surface area contributed by atoms with E-state index in [1.165, 1.54) is 12.1 Å². The number of carbonyl (C=O) groups excluding carboxylic acids is 1. The summed E-state index contributed by atoms with van der Waals surface area (Å²) in [5.41, 5.74) is 3.42. The van der Waals surface area contributed by atoms with E-state index in [1.807, 2.05) is 32.0 Å². The van der Waals surface area contributed by atoms with E-state index < -0.39 is 10.0 Å². The van der Waals surface area contributed by atoms with E-state index in [0.29, 0.717) is 16.9 Å². The van der Waals surface area contributed by atoms with Gasteiger partial charge in [-0.1, -0.05) is 30.3 Å². The molecule has 0 radical (unpaired) electrons. The normalized spacial score (nSPS) is 11.0. The van der Waals surface area contributed by atoms with Crippen LogP contribution in [0.2, 0.25) is 0 Å². The number of hydrogen-bond acceptors (Lipinski definition) is 3. The summed E-state index contributed by atoms with van der Waals surface area (Å²) in [5.74, 6) is -0.250. The molecule has 0 bridgehead atoms. The summed E-state index contributed by atoms with van der Waals surface area (Å²) in [5, 5.41) is 2.75. The van der Waals surface area contributed by atoms with Crippen molar-refractivity contribution in [1.82, 2.24) is 0 Å². The predicted octanol–water partition coefficient (Wildman–Crippen LogP) is 4.36. The van der Waals surface area contributed by atoms with Crippen LogP contribution in [0.3, 0.4) is 0 Å². The molecule has 0 spiro atoms. The lowest BCUT2D eigenvalue weighted by Gasteiger charge is -2.12. The molecule has 0 aliphatic carbocycles. The van der Waals surface area contributed by atoms with Gasteiger partial charge >= 0.3 is 0 Å². The Labute approximate surface area is 159 Å². The maximum atomic E-state index is 12.6. The third-order valence-corrected chi connectivity index (χ3v) is 5.48. The Bertz CT molecular complexity index is 1060. The Balaban J connectivity index is 1.76. The Morgan fingerprint density at radius 2 is 1.52 bits per heavy atom. The zero-order valence-corrected chi connectivity index (χ0v) is 15.9. The highest BCUT2D eigenvalue weighted by atomic mass is 32.2. The number of carbonyl (C=O) groups is 1. The van der Waals surface area contributed by atoms with Crippen molar-refractivity contribution in [3.63, 3.8) is 0 Å². The zero-order valence-electron chi connectivity index (χ0n) is 15.1. The second-order valence-corrected chi connectivity index (χ2v) is 7.95. The smallest absolute Gasteiger partial charge is 0.261 e. The minimum atomic E-state index is -3.71. The third kappa shape index (κ3) is 4.54. The molecule has 0 saturated heterocycles. The lowest BCUT2D eigenvalue weighted by Crippen LogP contribution is -2.14. The summed E-state index contributed by atoms with van der Waals surface area (Å²) < 4.78 is 27.9. The summed E-state index contributed by atoms with van der Waals surface area (Å²) in [6, 6.07) is 20.5. The van der Waals surface area contributed by atoms with Crippen LogP contribution < -0.4 is 10.0 Å². The second-order valence-electron chi connectivity index (χ2n) is 6.27. The minimum absolute atomic E-state index is 0.126. The van der Waals surface area contributed by atoms with Crippen LogP contribution in [0.4, 0.5) is 11.4 Å². The first-order valence-electron chi connectivity index (χ1n) is 8.42. The highest BCUT2D eigenvalue weighted by Crippen LogP contribution is 2.22. The summed E-state index contributed by atoms with van der Waals surface area (Å²) >= 11 is 0. The van der Waals surface area contributed by atoms with Crippen molar-refractivity contribution in [1.29, 1.82) is 0 Å². The van der Waals surface area contributed by atoms with Crippen molar-refractivity contribution >= 4 is 27.3 Å². The van der Waals surface area contributed by atoms with Gasteiger partial charge < -0.3 is 5.32 Å². The molecule has 27 heavy (non-hydrogen) atoms. The molecule has 0 aromatic heterocycles. The van der Waals surface area contributed by atoms with Gasteiger partial charge in [0.25, 0.3) is 15.9 Å². The Kier molecular flexibility index (Phi) is 5.28. The fraction of sp³-hybridized carbons (Fsp3) is 0.0952. The maximum absolute atomic E-state index is 12.6. The molecule has 3 rings (SSSR count). The van der Waals surface area contributed by atoms with Crippen molar-refractivity contribution in [3.8, 4) is 0 Å². The fourth-order valence-electron chi connectivity index (χ4n) is 2.56. The highest BCUT2D eigenvalue weighted by Gasteiger charge is 2.15. The van der Waals surface area contributed by atoms with E-state index in [-0.39, 0.29) is 10.8 Å². The van der Waals surface area contributed by atoms with Gasteiger partial charge in [0, 0.05) is 11.3 Å². The summed E-state index contributed by atoms with van der Waals surface area (Å²) in [4.78, 5) is 12.3. The van der Waals surface area contributed by atoms with E-state index in [4.69, 9.17) is 0 Å². The molecule has 0 atom stereocenters. The van der Waals surface area contributed by atoms with E-state index in [9.17, 15) is 13.2 Å². The number of nitrogens with one attached hydrogen (secondary N) is 2. The maximum Gasteiger partial charge on any atom is 0.261 e. The average molecular weight is 380 g/mol. The van der Waals surface area contributed by atoms with Crippen LogP contribution in [0.15, 0.2) is 77.7 Å². The van der Waals surface area contributed by atoms with E-state index in [0.717, 1.165) is 11.1 Å². The van der Waals surface area contributed by atoms with Gasteiger partial charge in [-0.3, -0.25) is 9.52 Å². The quantitative estimate of drug-likeness (QED) is 0.691. The van der Waals surface area contributed by atoms with Crippen LogP contribution in [0.25, 0.3) is 0 Å². The van der Waals surface area contributed by atoms with Crippen LogP contribution in [0.5, 0.6) is 0 Å². The number of sulfonamides is 1. The molecule has 5 nitrogen and oxygen atoms in total.